The van der Waals surface area contributed by atoms with E-state index in [1.807, 2.05) is 29.8 Å². The zero-order valence-electron chi connectivity index (χ0n) is 14.2. The third kappa shape index (κ3) is 4.03. The number of nitrogens with one attached hydrogen (secondary N) is 2. The molecular formula is C19H20N4O2. The van der Waals surface area contributed by atoms with Crippen LogP contribution in [0.4, 0.5) is 5.69 Å². The van der Waals surface area contributed by atoms with Crippen molar-refractivity contribution in [3.63, 3.8) is 0 Å². The van der Waals surface area contributed by atoms with E-state index >= 15 is 0 Å². The fourth-order valence-electron chi connectivity index (χ4n) is 2.70. The van der Waals surface area contributed by atoms with Gasteiger partial charge in [-0.15, -0.1) is 0 Å². The van der Waals surface area contributed by atoms with Gasteiger partial charge in [0.15, 0.2) is 0 Å². The van der Waals surface area contributed by atoms with Crippen molar-refractivity contribution in [2.75, 3.05) is 11.9 Å². The fourth-order valence-corrected chi connectivity index (χ4v) is 2.70. The summed E-state index contributed by atoms with van der Waals surface area (Å²) in [6.07, 6.45) is 2.52. The van der Waals surface area contributed by atoms with Gasteiger partial charge in [0.2, 0.25) is 5.91 Å². The van der Waals surface area contributed by atoms with Crippen LogP contribution in [0.3, 0.4) is 0 Å². The second-order valence-electron chi connectivity index (χ2n) is 5.95. The third-order valence-corrected chi connectivity index (χ3v) is 3.93. The van der Waals surface area contributed by atoms with Gasteiger partial charge in [-0.1, -0.05) is 12.1 Å². The average molecular weight is 336 g/mol. The number of aromatic nitrogens is 2. The summed E-state index contributed by atoms with van der Waals surface area (Å²) in [6.45, 7) is 1.96. The maximum atomic E-state index is 12.2. The van der Waals surface area contributed by atoms with E-state index in [9.17, 15) is 9.59 Å². The summed E-state index contributed by atoms with van der Waals surface area (Å²) in [5, 5.41) is 5.58. The molecule has 0 bridgehead atoms. The van der Waals surface area contributed by atoms with Gasteiger partial charge in [-0.2, -0.15) is 0 Å². The summed E-state index contributed by atoms with van der Waals surface area (Å²) >= 11 is 0. The van der Waals surface area contributed by atoms with Crippen molar-refractivity contribution >= 4 is 28.5 Å². The number of aryl methyl sites for hydroxylation is 1. The molecule has 0 saturated heterocycles. The molecule has 3 aromatic rings. The summed E-state index contributed by atoms with van der Waals surface area (Å²) in [4.78, 5) is 27.7. The molecule has 2 amide bonds. The lowest BCUT2D eigenvalue weighted by Crippen LogP contribution is -2.25. The molecule has 25 heavy (non-hydrogen) atoms. The second kappa shape index (κ2) is 7.17. The SMILES string of the molecule is CC(=O)Nc1cccc(C(=O)NCCc2ccc3c(c2)ncn3C)c1. The van der Waals surface area contributed by atoms with E-state index in [-0.39, 0.29) is 11.8 Å². The van der Waals surface area contributed by atoms with E-state index in [1.54, 1.807) is 30.6 Å². The number of fused-ring (bicyclic) bond motifs is 1. The molecule has 1 heterocycles. The predicted octanol–water partition coefficient (Wildman–Crippen LogP) is 2.50. The third-order valence-electron chi connectivity index (χ3n) is 3.93. The molecule has 0 atom stereocenters. The predicted molar refractivity (Wildman–Crippen MR) is 97.5 cm³/mol. The Morgan fingerprint density at radius 1 is 1.16 bits per heavy atom. The van der Waals surface area contributed by atoms with E-state index in [2.05, 4.69) is 15.6 Å². The largest absolute Gasteiger partial charge is 0.352 e. The zero-order chi connectivity index (χ0) is 17.8. The van der Waals surface area contributed by atoms with Crippen molar-refractivity contribution < 1.29 is 9.59 Å². The molecule has 0 radical (unpaired) electrons. The monoisotopic (exact) mass is 336 g/mol. The number of benzene rings is 2. The Balaban J connectivity index is 1.59. The first-order valence-corrected chi connectivity index (χ1v) is 8.09. The highest BCUT2D eigenvalue weighted by Gasteiger charge is 2.07. The lowest BCUT2D eigenvalue weighted by atomic mass is 10.1. The molecule has 3 rings (SSSR count). The number of carbonyl (C=O) groups excluding carboxylic acids is 2. The van der Waals surface area contributed by atoms with Crippen LogP contribution in [0.1, 0.15) is 22.8 Å². The van der Waals surface area contributed by atoms with Gasteiger partial charge >= 0.3 is 0 Å². The van der Waals surface area contributed by atoms with E-state index in [0.29, 0.717) is 17.8 Å². The van der Waals surface area contributed by atoms with Crippen molar-refractivity contribution in [2.24, 2.45) is 7.05 Å². The normalized spacial score (nSPS) is 10.6. The average Bonchev–Trinajstić information content (AvgIpc) is 2.95. The Hall–Kier alpha value is -3.15. The molecule has 1 aromatic heterocycles. The molecule has 2 aromatic carbocycles. The van der Waals surface area contributed by atoms with Crippen LogP contribution in [0.25, 0.3) is 11.0 Å². The highest BCUT2D eigenvalue weighted by atomic mass is 16.2. The number of rotatable bonds is 5. The Kier molecular flexibility index (Phi) is 4.79. The minimum absolute atomic E-state index is 0.161. The maximum absolute atomic E-state index is 12.2. The summed E-state index contributed by atoms with van der Waals surface area (Å²) < 4.78 is 1.98. The minimum atomic E-state index is -0.164. The lowest BCUT2D eigenvalue weighted by molar-refractivity contribution is -0.114. The van der Waals surface area contributed by atoms with Crippen molar-refractivity contribution in [1.29, 1.82) is 0 Å². The number of imidazole rings is 1. The topological polar surface area (TPSA) is 76.0 Å². The first-order valence-electron chi connectivity index (χ1n) is 8.09. The number of hydrogen-bond donors (Lipinski definition) is 2. The van der Waals surface area contributed by atoms with Gasteiger partial charge in [-0.05, 0) is 42.3 Å². The number of amides is 2. The number of anilines is 1. The van der Waals surface area contributed by atoms with Gasteiger partial charge in [0, 0.05) is 31.8 Å². The molecule has 0 aliphatic rings. The highest BCUT2D eigenvalue weighted by Crippen LogP contribution is 2.14. The molecule has 2 N–H and O–H groups in total. The quantitative estimate of drug-likeness (QED) is 0.752. The Labute approximate surface area is 145 Å². The molecule has 0 spiro atoms. The molecule has 0 unspecified atom stereocenters. The molecule has 0 saturated carbocycles. The fraction of sp³-hybridized carbons (Fsp3) is 0.211. The van der Waals surface area contributed by atoms with Gasteiger partial charge < -0.3 is 15.2 Å². The Morgan fingerprint density at radius 2 is 2.00 bits per heavy atom. The van der Waals surface area contributed by atoms with Crippen LogP contribution in [0.2, 0.25) is 0 Å². The van der Waals surface area contributed by atoms with Gasteiger partial charge in [0.05, 0.1) is 17.4 Å². The smallest absolute Gasteiger partial charge is 0.251 e. The Morgan fingerprint density at radius 3 is 2.80 bits per heavy atom. The molecule has 0 aliphatic carbocycles. The Bertz CT molecular complexity index is 930. The maximum Gasteiger partial charge on any atom is 0.251 e. The zero-order valence-corrected chi connectivity index (χ0v) is 14.2. The summed E-state index contributed by atoms with van der Waals surface area (Å²) in [5.74, 6) is -0.325. The van der Waals surface area contributed by atoms with Gasteiger partial charge in [-0.25, -0.2) is 4.98 Å². The summed E-state index contributed by atoms with van der Waals surface area (Å²) in [6, 6.07) is 13.0. The summed E-state index contributed by atoms with van der Waals surface area (Å²) in [7, 11) is 1.96. The summed E-state index contributed by atoms with van der Waals surface area (Å²) in [5.41, 5.74) is 4.29. The molecule has 0 fully saturated rings. The van der Waals surface area contributed by atoms with Crippen molar-refractivity contribution in [3.05, 3.63) is 59.9 Å². The van der Waals surface area contributed by atoms with Crippen molar-refractivity contribution in [3.8, 4) is 0 Å². The first kappa shape index (κ1) is 16.7. The molecule has 6 heteroatoms. The van der Waals surface area contributed by atoms with Crippen LogP contribution in [0, 0.1) is 0 Å². The van der Waals surface area contributed by atoms with Crippen LogP contribution in [0.15, 0.2) is 48.8 Å². The number of carbonyl (C=O) groups is 2. The van der Waals surface area contributed by atoms with E-state index < -0.39 is 0 Å². The van der Waals surface area contributed by atoms with Gasteiger partial charge in [0.25, 0.3) is 5.91 Å². The van der Waals surface area contributed by atoms with Crippen LogP contribution >= 0.6 is 0 Å². The number of hydrogen-bond acceptors (Lipinski definition) is 3. The van der Waals surface area contributed by atoms with Crippen LogP contribution < -0.4 is 10.6 Å². The minimum Gasteiger partial charge on any atom is -0.352 e. The lowest BCUT2D eigenvalue weighted by Gasteiger charge is -2.08. The number of nitrogens with zero attached hydrogens (tertiary/aromatic N) is 2. The van der Waals surface area contributed by atoms with Crippen molar-refractivity contribution in [1.82, 2.24) is 14.9 Å². The molecule has 128 valence electrons. The van der Waals surface area contributed by atoms with Crippen LogP contribution in [-0.2, 0) is 18.3 Å². The van der Waals surface area contributed by atoms with E-state index in [1.165, 1.54) is 6.92 Å². The standard InChI is InChI=1S/C19H20N4O2/c1-13(24)22-16-5-3-4-15(11-16)19(25)20-9-8-14-6-7-18-17(10-14)21-12-23(18)2/h3-7,10-12H,8-9H2,1-2H3,(H,20,25)(H,22,24). The van der Waals surface area contributed by atoms with Crippen molar-refractivity contribution in [2.45, 2.75) is 13.3 Å². The second-order valence-corrected chi connectivity index (χ2v) is 5.95. The highest BCUT2D eigenvalue weighted by molar-refractivity contribution is 5.96. The van der Waals surface area contributed by atoms with Crippen LogP contribution in [0.5, 0.6) is 0 Å². The molecule has 0 aliphatic heterocycles. The van der Waals surface area contributed by atoms with Gasteiger partial charge in [0.1, 0.15) is 0 Å². The first-order chi connectivity index (χ1) is 12.0. The van der Waals surface area contributed by atoms with E-state index in [0.717, 1.165) is 23.0 Å². The molecular weight excluding hydrogens is 316 g/mol. The molecule has 6 nitrogen and oxygen atoms in total. The van der Waals surface area contributed by atoms with Gasteiger partial charge in [-0.3, -0.25) is 9.59 Å². The van der Waals surface area contributed by atoms with E-state index in [4.69, 9.17) is 0 Å². The van der Waals surface area contributed by atoms with Crippen LogP contribution in [-0.4, -0.2) is 27.9 Å².